The first kappa shape index (κ1) is 18.7. The van der Waals surface area contributed by atoms with Gasteiger partial charge in [-0.2, -0.15) is 5.26 Å². The quantitative estimate of drug-likeness (QED) is 0.664. The van der Waals surface area contributed by atoms with Crippen LogP contribution in [0.2, 0.25) is 0 Å². The van der Waals surface area contributed by atoms with Crippen LogP contribution in [0.5, 0.6) is 5.75 Å². The third kappa shape index (κ3) is 4.39. The molecule has 3 aromatic rings. The molecular formula is C21H19N3O2S. The summed E-state index contributed by atoms with van der Waals surface area (Å²) < 4.78 is 5.21. The highest BCUT2D eigenvalue weighted by Crippen LogP contribution is 2.27. The van der Waals surface area contributed by atoms with E-state index in [1.165, 1.54) is 17.3 Å². The number of nitrogens with one attached hydrogen (secondary N) is 1. The standard InChI is InChI=1S/C21H19N3O2S/c1-13-4-5-17(8-14(13)2)23-20(25)12-27-21-16(11-22)9-15-10-18(26-3)6-7-19(15)24-21/h4-10H,12H2,1-3H3,(H,23,25). The second kappa shape index (κ2) is 8.11. The summed E-state index contributed by atoms with van der Waals surface area (Å²) >= 11 is 1.25. The number of methoxy groups -OCH3 is 1. The van der Waals surface area contributed by atoms with Crippen LogP contribution in [0.25, 0.3) is 10.9 Å². The number of nitriles is 1. The Morgan fingerprint density at radius 3 is 2.70 bits per heavy atom. The van der Waals surface area contributed by atoms with Crippen molar-refractivity contribution in [2.75, 3.05) is 18.2 Å². The molecule has 136 valence electrons. The molecule has 1 heterocycles. The predicted molar refractivity (Wildman–Crippen MR) is 108 cm³/mol. The van der Waals surface area contributed by atoms with Crippen LogP contribution in [0.3, 0.4) is 0 Å². The van der Waals surface area contributed by atoms with E-state index in [4.69, 9.17) is 4.74 Å². The van der Waals surface area contributed by atoms with E-state index < -0.39 is 0 Å². The van der Waals surface area contributed by atoms with Gasteiger partial charge in [0.25, 0.3) is 0 Å². The summed E-state index contributed by atoms with van der Waals surface area (Å²) in [6, 6.07) is 15.2. The SMILES string of the molecule is COc1ccc2nc(SCC(=O)Nc3ccc(C)c(C)c3)c(C#N)cc2c1. The van der Waals surface area contributed by atoms with E-state index in [-0.39, 0.29) is 11.7 Å². The number of benzene rings is 2. The lowest BCUT2D eigenvalue weighted by Gasteiger charge is -2.09. The van der Waals surface area contributed by atoms with Crippen LogP contribution in [0, 0.1) is 25.2 Å². The molecule has 0 atom stereocenters. The van der Waals surface area contributed by atoms with E-state index in [0.29, 0.717) is 16.3 Å². The highest BCUT2D eigenvalue weighted by Gasteiger charge is 2.11. The van der Waals surface area contributed by atoms with Crippen molar-refractivity contribution in [2.45, 2.75) is 18.9 Å². The molecule has 1 amide bonds. The molecule has 2 aromatic carbocycles. The molecule has 27 heavy (non-hydrogen) atoms. The normalized spacial score (nSPS) is 10.4. The number of thioether (sulfide) groups is 1. The summed E-state index contributed by atoms with van der Waals surface area (Å²) in [4.78, 5) is 16.8. The van der Waals surface area contributed by atoms with Gasteiger partial charge in [0.15, 0.2) is 0 Å². The number of nitrogens with zero attached hydrogens (tertiary/aromatic N) is 2. The zero-order chi connectivity index (χ0) is 19.4. The Morgan fingerprint density at radius 2 is 2.00 bits per heavy atom. The van der Waals surface area contributed by atoms with Crippen molar-refractivity contribution in [3.8, 4) is 11.8 Å². The van der Waals surface area contributed by atoms with Crippen LogP contribution in [0.15, 0.2) is 47.5 Å². The molecule has 0 aliphatic carbocycles. The van der Waals surface area contributed by atoms with Gasteiger partial charge in [0.1, 0.15) is 16.8 Å². The fourth-order valence-electron chi connectivity index (χ4n) is 2.60. The van der Waals surface area contributed by atoms with Gasteiger partial charge in [-0.25, -0.2) is 4.98 Å². The zero-order valence-corrected chi connectivity index (χ0v) is 16.2. The van der Waals surface area contributed by atoms with E-state index in [1.54, 1.807) is 13.2 Å². The maximum atomic E-state index is 12.3. The summed E-state index contributed by atoms with van der Waals surface area (Å²) in [7, 11) is 1.60. The Kier molecular flexibility index (Phi) is 5.63. The first-order valence-electron chi connectivity index (χ1n) is 8.39. The molecule has 0 aliphatic heterocycles. The van der Waals surface area contributed by atoms with E-state index in [1.807, 2.05) is 50.2 Å². The monoisotopic (exact) mass is 377 g/mol. The lowest BCUT2D eigenvalue weighted by molar-refractivity contribution is -0.113. The van der Waals surface area contributed by atoms with Gasteiger partial charge in [-0.15, -0.1) is 0 Å². The van der Waals surface area contributed by atoms with Gasteiger partial charge in [-0.05, 0) is 61.4 Å². The van der Waals surface area contributed by atoms with Crippen LogP contribution >= 0.6 is 11.8 Å². The molecule has 0 fully saturated rings. The van der Waals surface area contributed by atoms with E-state index in [9.17, 15) is 10.1 Å². The first-order chi connectivity index (χ1) is 13.0. The average Bonchev–Trinajstić information content (AvgIpc) is 2.68. The van der Waals surface area contributed by atoms with Crippen molar-refractivity contribution in [1.82, 2.24) is 4.98 Å². The van der Waals surface area contributed by atoms with Gasteiger partial charge < -0.3 is 10.1 Å². The molecule has 0 aliphatic rings. The van der Waals surface area contributed by atoms with Gasteiger partial charge >= 0.3 is 0 Å². The highest BCUT2D eigenvalue weighted by molar-refractivity contribution is 8.00. The number of amides is 1. The molecule has 0 unspecified atom stereocenters. The molecule has 1 N–H and O–H groups in total. The molecule has 5 nitrogen and oxygen atoms in total. The van der Waals surface area contributed by atoms with Crippen molar-refractivity contribution in [3.63, 3.8) is 0 Å². The number of carbonyl (C=O) groups is 1. The Hall–Kier alpha value is -3.04. The molecule has 0 bridgehead atoms. The second-order valence-electron chi connectivity index (χ2n) is 6.15. The Bertz CT molecular complexity index is 1060. The summed E-state index contributed by atoms with van der Waals surface area (Å²) in [6.07, 6.45) is 0. The molecule has 0 radical (unpaired) electrons. The van der Waals surface area contributed by atoms with Crippen LogP contribution in [0.1, 0.15) is 16.7 Å². The predicted octanol–water partition coefficient (Wildman–Crippen LogP) is 4.46. The third-order valence-corrected chi connectivity index (χ3v) is 5.23. The average molecular weight is 377 g/mol. The number of rotatable bonds is 5. The number of carbonyl (C=O) groups excluding carboxylic acids is 1. The third-order valence-electron chi connectivity index (χ3n) is 4.24. The topological polar surface area (TPSA) is 75.0 Å². The fourth-order valence-corrected chi connectivity index (χ4v) is 3.37. The minimum atomic E-state index is -0.135. The maximum absolute atomic E-state index is 12.3. The molecular weight excluding hydrogens is 358 g/mol. The molecule has 1 aromatic heterocycles. The van der Waals surface area contributed by atoms with E-state index in [0.717, 1.165) is 22.2 Å². The van der Waals surface area contributed by atoms with E-state index >= 15 is 0 Å². The summed E-state index contributed by atoms with van der Waals surface area (Å²) in [5, 5.41) is 13.7. The molecule has 0 saturated carbocycles. The van der Waals surface area contributed by atoms with Gasteiger partial charge in [0, 0.05) is 11.1 Å². The van der Waals surface area contributed by atoms with Crippen LogP contribution < -0.4 is 10.1 Å². The van der Waals surface area contributed by atoms with Gasteiger partial charge in [0.05, 0.1) is 23.9 Å². The van der Waals surface area contributed by atoms with Crippen LogP contribution in [-0.2, 0) is 4.79 Å². The first-order valence-corrected chi connectivity index (χ1v) is 9.37. The summed E-state index contributed by atoms with van der Waals surface area (Å²) in [5.41, 5.74) is 4.27. The van der Waals surface area contributed by atoms with Gasteiger partial charge in [0.2, 0.25) is 5.91 Å². The van der Waals surface area contributed by atoms with Crippen molar-refractivity contribution in [3.05, 3.63) is 59.2 Å². The number of pyridine rings is 1. The fraction of sp³-hybridized carbons (Fsp3) is 0.190. The second-order valence-corrected chi connectivity index (χ2v) is 7.11. The van der Waals surface area contributed by atoms with Gasteiger partial charge in [-0.3, -0.25) is 4.79 Å². The lowest BCUT2D eigenvalue weighted by Crippen LogP contribution is -2.14. The number of hydrogen-bond donors (Lipinski definition) is 1. The largest absolute Gasteiger partial charge is 0.497 e. The minimum absolute atomic E-state index is 0.135. The Labute approximate surface area is 162 Å². The Balaban J connectivity index is 1.74. The molecule has 0 saturated heterocycles. The van der Waals surface area contributed by atoms with Crippen molar-refractivity contribution in [2.24, 2.45) is 0 Å². The summed E-state index contributed by atoms with van der Waals surface area (Å²) in [5.74, 6) is 0.751. The number of aryl methyl sites for hydroxylation is 2. The van der Waals surface area contributed by atoms with Crippen LogP contribution in [-0.4, -0.2) is 23.8 Å². The zero-order valence-electron chi connectivity index (χ0n) is 15.4. The Morgan fingerprint density at radius 1 is 1.19 bits per heavy atom. The molecule has 3 rings (SSSR count). The minimum Gasteiger partial charge on any atom is -0.497 e. The number of ether oxygens (including phenoxy) is 1. The maximum Gasteiger partial charge on any atom is 0.234 e. The number of fused-ring (bicyclic) bond motifs is 1. The van der Waals surface area contributed by atoms with Crippen molar-refractivity contribution >= 4 is 34.3 Å². The number of anilines is 1. The molecule has 6 heteroatoms. The smallest absolute Gasteiger partial charge is 0.234 e. The number of hydrogen-bond acceptors (Lipinski definition) is 5. The van der Waals surface area contributed by atoms with Crippen molar-refractivity contribution in [1.29, 1.82) is 5.26 Å². The van der Waals surface area contributed by atoms with Crippen LogP contribution in [0.4, 0.5) is 5.69 Å². The summed E-state index contributed by atoms with van der Waals surface area (Å²) in [6.45, 7) is 4.04. The number of aromatic nitrogens is 1. The molecule has 0 spiro atoms. The van der Waals surface area contributed by atoms with Gasteiger partial charge in [-0.1, -0.05) is 17.8 Å². The van der Waals surface area contributed by atoms with Crippen molar-refractivity contribution < 1.29 is 9.53 Å². The van der Waals surface area contributed by atoms with E-state index in [2.05, 4.69) is 16.4 Å². The highest BCUT2D eigenvalue weighted by atomic mass is 32.2. The lowest BCUT2D eigenvalue weighted by atomic mass is 10.1.